The van der Waals surface area contributed by atoms with E-state index in [-0.39, 0.29) is 11.6 Å². The summed E-state index contributed by atoms with van der Waals surface area (Å²) >= 11 is 0. The first-order valence-electron chi connectivity index (χ1n) is 4.92. The van der Waals surface area contributed by atoms with Crippen LogP contribution in [0.25, 0.3) is 0 Å². The van der Waals surface area contributed by atoms with Crippen molar-refractivity contribution in [3.63, 3.8) is 0 Å². The van der Waals surface area contributed by atoms with E-state index in [1.807, 2.05) is 0 Å². The topological polar surface area (TPSA) is 60.9 Å². The third-order valence-corrected chi connectivity index (χ3v) is 2.20. The van der Waals surface area contributed by atoms with Gasteiger partial charge in [-0.2, -0.15) is 0 Å². The average Bonchev–Trinajstić information content (AvgIpc) is 2.76. The Bertz CT molecular complexity index is 456. The van der Waals surface area contributed by atoms with Crippen LogP contribution in [-0.4, -0.2) is 15.1 Å². The summed E-state index contributed by atoms with van der Waals surface area (Å²) < 4.78 is 12.9. The fraction of sp³-hybridized carbons (Fsp3) is 0.182. The van der Waals surface area contributed by atoms with Crippen LogP contribution in [-0.2, 0) is 13.1 Å². The minimum atomic E-state index is -0.354. The number of phenolic OH excluding ortho intramolecular Hbond substituents is 1. The number of H-pyrrole nitrogens is 1. The number of aromatic nitrogens is 2. The molecule has 1 aromatic heterocycles. The van der Waals surface area contributed by atoms with Crippen LogP contribution in [0.2, 0.25) is 0 Å². The van der Waals surface area contributed by atoms with Gasteiger partial charge >= 0.3 is 0 Å². The number of aromatic hydroxyl groups is 1. The number of benzene rings is 1. The molecular weight excluding hydrogens is 209 g/mol. The Morgan fingerprint density at radius 3 is 3.00 bits per heavy atom. The van der Waals surface area contributed by atoms with Gasteiger partial charge in [-0.3, -0.25) is 0 Å². The van der Waals surface area contributed by atoms with Crippen LogP contribution in [0, 0.1) is 5.82 Å². The fourth-order valence-corrected chi connectivity index (χ4v) is 1.41. The van der Waals surface area contributed by atoms with Crippen molar-refractivity contribution in [2.75, 3.05) is 0 Å². The molecule has 0 amide bonds. The zero-order valence-electron chi connectivity index (χ0n) is 8.57. The third kappa shape index (κ3) is 2.58. The number of halogens is 1. The van der Waals surface area contributed by atoms with E-state index >= 15 is 0 Å². The quantitative estimate of drug-likeness (QED) is 0.734. The normalized spacial score (nSPS) is 10.6. The Morgan fingerprint density at radius 2 is 2.25 bits per heavy atom. The molecular formula is C11H12FN3O. The highest BCUT2D eigenvalue weighted by Crippen LogP contribution is 2.17. The number of nitrogens with one attached hydrogen (secondary N) is 2. The molecule has 2 rings (SSSR count). The smallest absolute Gasteiger partial charge is 0.123 e. The molecule has 0 aliphatic heterocycles. The molecule has 0 saturated heterocycles. The summed E-state index contributed by atoms with van der Waals surface area (Å²) in [6.45, 7) is 0.938. The summed E-state index contributed by atoms with van der Waals surface area (Å²) in [5.74, 6) is 0.539. The fourth-order valence-electron chi connectivity index (χ4n) is 1.41. The minimum absolute atomic E-state index is 0.0911. The van der Waals surface area contributed by atoms with Gasteiger partial charge in [0.05, 0.1) is 6.54 Å². The second-order valence-corrected chi connectivity index (χ2v) is 3.41. The number of phenols is 1. The molecule has 0 fully saturated rings. The highest BCUT2D eigenvalue weighted by molar-refractivity contribution is 5.32. The van der Waals surface area contributed by atoms with Gasteiger partial charge in [0.2, 0.25) is 0 Å². The van der Waals surface area contributed by atoms with Crippen molar-refractivity contribution in [3.8, 4) is 5.75 Å². The molecule has 0 atom stereocenters. The lowest BCUT2D eigenvalue weighted by Crippen LogP contribution is -2.13. The lowest BCUT2D eigenvalue weighted by atomic mass is 10.2. The highest BCUT2D eigenvalue weighted by atomic mass is 19.1. The number of rotatable bonds is 4. The van der Waals surface area contributed by atoms with E-state index in [9.17, 15) is 9.50 Å². The van der Waals surface area contributed by atoms with Gasteiger partial charge in [0.1, 0.15) is 17.4 Å². The van der Waals surface area contributed by atoms with Gasteiger partial charge in [0.15, 0.2) is 0 Å². The zero-order valence-corrected chi connectivity index (χ0v) is 8.57. The van der Waals surface area contributed by atoms with E-state index in [4.69, 9.17) is 0 Å². The number of hydrogen-bond acceptors (Lipinski definition) is 3. The largest absolute Gasteiger partial charge is 0.508 e. The van der Waals surface area contributed by atoms with Crippen molar-refractivity contribution < 1.29 is 9.50 Å². The summed E-state index contributed by atoms with van der Waals surface area (Å²) in [4.78, 5) is 6.97. The lowest BCUT2D eigenvalue weighted by Gasteiger charge is -2.05. The Labute approximate surface area is 92.2 Å². The number of aromatic amines is 1. The van der Waals surface area contributed by atoms with Crippen LogP contribution in [0.15, 0.2) is 30.6 Å². The third-order valence-electron chi connectivity index (χ3n) is 2.20. The van der Waals surface area contributed by atoms with E-state index in [1.54, 1.807) is 12.4 Å². The summed E-state index contributed by atoms with van der Waals surface area (Å²) in [6, 6.07) is 3.88. The van der Waals surface area contributed by atoms with Crippen LogP contribution in [0.4, 0.5) is 4.39 Å². The van der Waals surface area contributed by atoms with E-state index in [0.717, 1.165) is 5.82 Å². The van der Waals surface area contributed by atoms with E-state index in [0.29, 0.717) is 18.7 Å². The molecule has 0 bridgehead atoms. The minimum Gasteiger partial charge on any atom is -0.508 e. The van der Waals surface area contributed by atoms with Crippen molar-refractivity contribution in [2.24, 2.45) is 0 Å². The van der Waals surface area contributed by atoms with Crippen LogP contribution < -0.4 is 5.32 Å². The Kier molecular flexibility index (Phi) is 3.16. The first kappa shape index (κ1) is 10.6. The Hall–Kier alpha value is -1.88. The second-order valence-electron chi connectivity index (χ2n) is 3.41. The molecule has 0 aliphatic rings. The van der Waals surface area contributed by atoms with Crippen molar-refractivity contribution in [1.82, 2.24) is 15.3 Å². The van der Waals surface area contributed by atoms with Crippen molar-refractivity contribution >= 4 is 0 Å². The first-order chi connectivity index (χ1) is 7.75. The van der Waals surface area contributed by atoms with Crippen molar-refractivity contribution in [2.45, 2.75) is 13.1 Å². The zero-order chi connectivity index (χ0) is 11.4. The van der Waals surface area contributed by atoms with Gasteiger partial charge < -0.3 is 15.4 Å². The summed E-state index contributed by atoms with van der Waals surface area (Å²) in [7, 11) is 0. The molecule has 0 aliphatic carbocycles. The summed E-state index contributed by atoms with van der Waals surface area (Å²) in [5, 5.41) is 12.5. The summed E-state index contributed by atoms with van der Waals surface area (Å²) in [5.41, 5.74) is 0.534. The molecule has 4 nitrogen and oxygen atoms in total. The Balaban J connectivity index is 1.92. The standard InChI is InChI=1S/C11H12FN3O/c12-9-1-2-10(16)8(5-9)6-13-7-11-14-3-4-15-11/h1-5,13,16H,6-7H2,(H,14,15). The van der Waals surface area contributed by atoms with Gasteiger partial charge in [-0.15, -0.1) is 0 Å². The molecule has 1 heterocycles. The molecule has 16 heavy (non-hydrogen) atoms. The second kappa shape index (κ2) is 4.76. The van der Waals surface area contributed by atoms with Crippen LogP contribution in [0.1, 0.15) is 11.4 Å². The van der Waals surface area contributed by atoms with Crippen LogP contribution in [0.5, 0.6) is 5.75 Å². The van der Waals surface area contributed by atoms with Gasteiger partial charge in [0.25, 0.3) is 0 Å². The number of hydrogen-bond donors (Lipinski definition) is 3. The number of nitrogens with zero attached hydrogens (tertiary/aromatic N) is 1. The SMILES string of the molecule is Oc1ccc(F)cc1CNCc1ncc[nH]1. The highest BCUT2D eigenvalue weighted by Gasteiger charge is 2.02. The Morgan fingerprint density at radius 1 is 1.38 bits per heavy atom. The predicted molar refractivity (Wildman–Crippen MR) is 57.2 cm³/mol. The summed E-state index contributed by atoms with van der Waals surface area (Å²) in [6.07, 6.45) is 3.40. The molecule has 1 aromatic carbocycles. The first-order valence-corrected chi connectivity index (χ1v) is 4.92. The molecule has 0 spiro atoms. The van der Waals surface area contributed by atoms with E-state index in [2.05, 4.69) is 15.3 Å². The predicted octanol–water partition coefficient (Wildman–Crippen LogP) is 1.54. The molecule has 3 N–H and O–H groups in total. The van der Waals surface area contributed by atoms with E-state index in [1.165, 1.54) is 18.2 Å². The molecule has 0 unspecified atom stereocenters. The van der Waals surface area contributed by atoms with Gasteiger partial charge in [-0.1, -0.05) is 0 Å². The van der Waals surface area contributed by atoms with E-state index < -0.39 is 0 Å². The maximum atomic E-state index is 12.9. The monoisotopic (exact) mass is 221 g/mol. The van der Waals surface area contributed by atoms with Crippen molar-refractivity contribution in [1.29, 1.82) is 0 Å². The van der Waals surface area contributed by atoms with Crippen molar-refractivity contribution in [3.05, 3.63) is 47.8 Å². The lowest BCUT2D eigenvalue weighted by molar-refractivity contribution is 0.461. The molecule has 0 radical (unpaired) electrons. The maximum absolute atomic E-state index is 12.9. The van der Waals surface area contributed by atoms with Crippen LogP contribution >= 0.6 is 0 Å². The molecule has 0 saturated carbocycles. The van der Waals surface area contributed by atoms with Crippen LogP contribution in [0.3, 0.4) is 0 Å². The molecule has 84 valence electrons. The average molecular weight is 221 g/mol. The molecule has 2 aromatic rings. The van der Waals surface area contributed by atoms with Gasteiger partial charge in [0, 0.05) is 24.5 Å². The molecule has 5 heteroatoms. The van der Waals surface area contributed by atoms with Gasteiger partial charge in [-0.25, -0.2) is 9.37 Å². The number of imidazole rings is 1. The van der Waals surface area contributed by atoms with Gasteiger partial charge in [-0.05, 0) is 18.2 Å². The maximum Gasteiger partial charge on any atom is 0.123 e.